The lowest BCUT2D eigenvalue weighted by Gasteiger charge is -2.22. The van der Waals surface area contributed by atoms with Crippen molar-refractivity contribution in [3.8, 4) is 22.3 Å². The molecular weight excluding hydrogens is 340 g/mol. The van der Waals surface area contributed by atoms with Crippen molar-refractivity contribution >= 4 is 11.4 Å². The van der Waals surface area contributed by atoms with Gasteiger partial charge in [0, 0.05) is 22.5 Å². The molecule has 0 fully saturated rings. The van der Waals surface area contributed by atoms with E-state index in [0.717, 1.165) is 33.6 Å². The van der Waals surface area contributed by atoms with Crippen molar-refractivity contribution in [3.63, 3.8) is 0 Å². The van der Waals surface area contributed by atoms with Gasteiger partial charge >= 0.3 is 0 Å². The zero-order valence-corrected chi connectivity index (χ0v) is 17.9. The topological polar surface area (TPSA) is 52.0 Å². The van der Waals surface area contributed by atoms with Gasteiger partial charge in [0.25, 0.3) is 0 Å². The largest absolute Gasteiger partial charge is 0.398 e. The summed E-state index contributed by atoms with van der Waals surface area (Å²) >= 11 is 0. The number of anilines is 2. The van der Waals surface area contributed by atoms with Gasteiger partial charge in [0.1, 0.15) is 0 Å². The van der Waals surface area contributed by atoms with Crippen LogP contribution in [-0.4, -0.2) is 0 Å². The van der Waals surface area contributed by atoms with Crippen LogP contribution in [0.5, 0.6) is 0 Å². The van der Waals surface area contributed by atoms with Crippen LogP contribution in [0.3, 0.4) is 0 Å². The van der Waals surface area contributed by atoms with Crippen molar-refractivity contribution in [2.45, 2.75) is 52.4 Å². The lowest BCUT2D eigenvalue weighted by molar-refractivity contribution is 0.590. The van der Waals surface area contributed by atoms with E-state index in [9.17, 15) is 0 Å². The minimum atomic E-state index is 0.116. The average molecular weight is 373 g/mol. The predicted octanol–water partition coefficient (Wildman–Crippen LogP) is 6.78. The Labute approximate surface area is 169 Å². The van der Waals surface area contributed by atoms with Gasteiger partial charge in [-0.2, -0.15) is 0 Å². The van der Waals surface area contributed by atoms with Crippen LogP contribution >= 0.6 is 0 Å². The van der Waals surface area contributed by atoms with E-state index in [-0.39, 0.29) is 10.8 Å². The summed E-state index contributed by atoms with van der Waals surface area (Å²) in [5.74, 6) is 0. The van der Waals surface area contributed by atoms with E-state index >= 15 is 0 Å². The zero-order chi connectivity index (χ0) is 20.7. The Kier molecular flexibility index (Phi) is 5.01. The molecule has 4 N–H and O–H groups in total. The normalized spacial score (nSPS) is 12.2. The number of nitrogens with two attached hydrogens (primary N) is 2. The summed E-state index contributed by atoms with van der Waals surface area (Å²) in [6, 6.07) is 21.1. The molecule has 0 radical (unpaired) electrons. The van der Waals surface area contributed by atoms with Gasteiger partial charge in [-0.1, -0.05) is 90.1 Å². The summed E-state index contributed by atoms with van der Waals surface area (Å²) < 4.78 is 0. The summed E-state index contributed by atoms with van der Waals surface area (Å²) in [6.07, 6.45) is 0. The first-order valence-electron chi connectivity index (χ1n) is 9.88. The Morgan fingerprint density at radius 2 is 0.750 bits per heavy atom. The summed E-state index contributed by atoms with van der Waals surface area (Å²) in [6.45, 7) is 13.3. The van der Waals surface area contributed by atoms with Gasteiger partial charge in [-0.15, -0.1) is 0 Å². The van der Waals surface area contributed by atoms with Crippen molar-refractivity contribution < 1.29 is 0 Å². The van der Waals surface area contributed by atoms with Gasteiger partial charge in [0.15, 0.2) is 0 Å². The monoisotopic (exact) mass is 372 g/mol. The van der Waals surface area contributed by atoms with Gasteiger partial charge in [0.2, 0.25) is 0 Å². The van der Waals surface area contributed by atoms with Crippen LogP contribution in [0.15, 0.2) is 60.7 Å². The van der Waals surface area contributed by atoms with Crippen LogP contribution in [0.1, 0.15) is 52.7 Å². The van der Waals surface area contributed by atoms with Crippen molar-refractivity contribution in [1.29, 1.82) is 0 Å². The van der Waals surface area contributed by atoms with E-state index in [1.807, 2.05) is 12.1 Å². The predicted molar refractivity (Wildman–Crippen MR) is 124 cm³/mol. The van der Waals surface area contributed by atoms with E-state index in [0.29, 0.717) is 0 Å². The van der Waals surface area contributed by atoms with Gasteiger partial charge in [-0.05, 0) is 45.2 Å². The minimum absolute atomic E-state index is 0.116. The zero-order valence-electron chi connectivity index (χ0n) is 17.9. The molecule has 0 bridgehead atoms. The van der Waals surface area contributed by atoms with Crippen LogP contribution in [0.4, 0.5) is 11.4 Å². The minimum Gasteiger partial charge on any atom is -0.398 e. The van der Waals surface area contributed by atoms with Crippen LogP contribution in [0.25, 0.3) is 22.3 Å². The highest BCUT2D eigenvalue weighted by molar-refractivity contribution is 5.97. The molecule has 0 amide bonds. The van der Waals surface area contributed by atoms with E-state index in [1.54, 1.807) is 0 Å². The van der Waals surface area contributed by atoms with E-state index in [4.69, 9.17) is 11.5 Å². The smallest absolute Gasteiger partial charge is 0.0401 e. The Hall–Kier alpha value is -2.74. The van der Waals surface area contributed by atoms with Gasteiger partial charge in [-0.3, -0.25) is 0 Å². The maximum absolute atomic E-state index is 6.43. The highest BCUT2D eigenvalue weighted by Gasteiger charge is 2.18. The Morgan fingerprint density at radius 1 is 0.464 bits per heavy atom. The third-order valence-electron chi connectivity index (χ3n) is 5.35. The van der Waals surface area contributed by atoms with Gasteiger partial charge in [-0.25, -0.2) is 0 Å². The fourth-order valence-electron chi connectivity index (χ4n) is 3.53. The number of hydrogen-bond donors (Lipinski definition) is 2. The first-order valence-corrected chi connectivity index (χ1v) is 9.88. The van der Waals surface area contributed by atoms with E-state index < -0.39 is 0 Å². The molecular formula is C26H32N2. The highest BCUT2D eigenvalue weighted by atomic mass is 14.6. The molecule has 0 aliphatic carbocycles. The maximum atomic E-state index is 6.43. The SMILES string of the molecule is CC(C)(C)c1ccc(-c2c(N)ccc(N)c2-c2ccc(C(C)(C)C)cc2)cc1. The van der Waals surface area contributed by atoms with Gasteiger partial charge in [0.05, 0.1) is 0 Å². The third kappa shape index (κ3) is 3.91. The van der Waals surface area contributed by atoms with E-state index in [2.05, 4.69) is 90.1 Å². The summed E-state index contributed by atoms with van der Waals surface area (Å²) in [5, 5.41) is 0. The molecule has 0 atom stereocenters. The van der Waals surface area contributed by atoms with Crippen LogP contribution in [0, 0.1) is 0 Å². The van der Waals surface area contributed by atoms with Crippen LogP contribution in [0.2, 0.25) is 0 Å². The molecule has 0 saturated heterocycles. The molecule has 3 aromatic rings. The summed E-state index contributed by atoms with van der Waals surface area (Å²) in [5.41, 5.74) is 21.4. The lowest BCUT2D eigenvalue weighted by atomic mass is 9.84. The number of nitrogen functional groups attached to an aromatic ring is 2. The second-order valence-corrected chi connectivity index (χ2v) is 9.65. The van der Waals surface area contributed by atoms with Crippen molar-refractivity contribution in [2.24, 2.45) is 0 Å². The second-order valence-electron chi connectivity index (χ2n) is 9.65. The fourth-order valence-corrected chi connectivity index (χ4v) is 3.53. The molecule has 146 valence electrons. The Morgan fingerprint density at radius 3 is 1.00 bits per heavy atom. The number of benzene rings is 3. The summed E-state index contributed by atoms with van der Waals surface area (Å²) in [7, 11) is 0. The number of hydrogen-bond acceptors (Lipinski definition) is 2. The molecule has 0 saturated carbocycles. The average Bonchev–Trinajstić information content (AvgIpc) is 2.62. The first kappa shape index (κ1) is 20.0. The molecule has 3 aromatic carbocycles. The molecule has 28 heavy (non-hydrogen) atoms. The fraction of sp³-hybridized carbons (Fsp3) is 0.308. The molecule has 0 aliphatic rings. The Bertz CT molecular complexity index is 885. The second kappa shape index (κ2) is 7.01. The molecule has 0 unspecified atom stereocenters. The first-order chi connectivity index (χ1) is 13.0. The molecule has 0 heterocycles. The quantitative estimate of drug-likeness (QED) is 0.487. The standard InChI is InChI=1S/C26H32N2/c1-25(2,3)19-11-7-17(8-12-19)23-21(27)15-16-22(28)24(23)18-9-13-20(14-10-18)26(4,5)6/h7-16H,27-28H2,1-6H3. The highest BCUT2D eigenvalue weighted by Crippen LogP contribution is 2.41. The third-order valence-corrected chi connectivity index (χ3v) is 5.35. The lowest BCUT2D eigenvalue weighted by Crippen LogP contribution is -2.10. The molecule has 3 rings (SSSR count). The molecule has 0 aliphatic heterocycles. The van der Waals surface area contributed by atoms with Crippen molar-refractivity contribution in [3.05, 3.63) is 71.8 Å². The number of rotatable bonds is 2. The molecule has 0 aromatic heterocycles. The van der Waals surface area contributed by atoms with E-state index in [1.165, 1.54) is 11.1 Å². The van der Waals surface area contributed by atoms with Crippen molar-refractivity contribution in [2.75, 3.05) is 11.5 Å². The van der Waals surface area contributed by atoms with Gasteiger partial charge < -0.3 is 11.5 Å². The van der Waals surface area contributed by atoms with Crippen LogP contribution in [-0.2, 0) is 10.8 Å². The molecule has 2 heteroatoms. The van der Waals surface area contributed by atoms with Crippen LogP contribution < -0.4 is 11.5 Å². The summed E-state index contributed by atoms with van der Waals surface area (Å²) in [4.78, 5) is 0. The maximum Gasteiger partial charge on any atom is 0.0401 e. The molecule has 2 nitrogen and oxygen atoms in total. The van der Waals surface area contributed by atoms with Crippen molar-refractivity contribution in [1.82, 2.24) is 0 Å². The molecule has 0 spiro atoms. The Balaban J connectivity index is 2.15.